The first kappa shape index (κ1) is 19.5. The molecule has 0 unspecified atom stereocenters. The maximum Gasteiger partial charge on any atom is 0.264 e. The summed E-state index contributed by atoms with van der Waals surface area (Å²) in [4.78, 5) is 19.9. The lowest BCUT2D eigenvalue weighted by molar-refractivity contribution is -0.115. The third kappa shape index (κ3) is 4.63. The summed E-state index contributed by atoms with van der Waals surface area (Å²) in [6.45, 7) is 5.41. The van der Waals surface area contributed by atoms with E-state index in [1.54, 1.807) is 7.11 Å². The average Bonchev–Trinajstić information content (AvgIpc) is 3.09. The van der Waals surface area contributed by atoms with Gasteiger partial charge in [0.2, 0.25) is 0 Å². The highest BCUT2D eigenvalue weighted by Gasteiger charge is 2.24. The number of hydrogen-bond acceptors (Lipinski definition) is 6. The van der Waals surface area contributed by atoms with Gasteiger partial charge in [0.25, 0.3) is 5.91 Å². The molecule has 2 aliphatic heterocycles. The predicted octanol–water partition coefficient (Wildman–Crippen LogP) is 3.73. The van der Waals surface area contributed by atoms with Gasteiger partial charge in [0.1, 0.15) is 5.75 Å². The van der Waals surface area contributed by atoms with E-state index in [4.69, 9.17) is 9.47 Å². The molecule has 7 heteroatoms. The molecule has 1 amide bonds. The number of carbonyl (C=O) groups is 1. The fourth-order valence-electron chi connectivity index (χ4n) is 3.24. The maximum absolute atomic E-state index is 12.4. The summed E-state index contributed by atoms with van der Waals surface area (Å²) in [6.07, 6.45) is 1.93. The number of morpholine rings is 1. The Kier molecular flexibility index (Phi) is 5.87. The molecule has 0 atom stereocenters. The molecule has 0 saturated carbocycles. The van der Waals surface area contributed by atoms with Crippen LogP contribution in [0.15, 0.2) is 52.4 Å². The van der Waals surface area contributed by atoms with Crippen LogP contribution in [0.25, 0.3) is 6.08 Å². The molecule has 4 rings (SSSR count). The van der Waals surface area contributed by atoms with Crippen LogP contribution in [0.3, 0.4) is 0 Å². The number of nitrogens with one attached hydrogen (secondary N) is 1. The van der Waals surface area contributed by atoms with Gasteiger partial charge in [-0.2, -0.15) is 0 Å². The zero-order chi connectivity index (χ0) is 20.2. The molecule has 2 saturated heterocycles. The standard InChI is InChI=1S/C22H23N3O3S/c1-15-13-18(25-9-11-28-12-10-25)6-3-16(15)14-20-21(26)24-22(29-20)23-17-4-7-19(27-2)8-5-17/h3-8,13-14H,9-12H2,1-2H3,(H,23,24,26). The fourth-order valence-corrected chi connectivity index (χ4v) is 4.07. The van der Waals surface area contributed by atoms with Crippen molar-refractivity contribution in [2.75, 3.05) is 38.3 Å². The van der Waals surface area contributed by atoms with Crippen LogP contribution >= 0.6 is 11.8 Å². The largest absolute Gasteiger partial charge is 0.497 e. The van der Waals surface area contributed by atoms with Crippen molar-refractivity contribution >= 4 is 40.3 Å². The number of amidine groups is 1. The number of carbonyl (C=O) groups excluding carboxylic acids is 1. The number of thioether (sulfide) groups is 1. The van der Waals surface area contributed by atoms with Crippen LogP contribution in [0.4, 0.5) is 11.4 Å². The van der Waals surface area contributed by atoms with Crippen LogP contribution in [0.5, 0.6) is 5.75 Å². The highest BCUT2D eigenvalue weighted by atomic mass is 32.2. The number of nitrogens with zero attached hydrogens (tertiary/aromatic N) is 2. The molecule has 6 nitrogen and oxygen atoms in total. The Labute approximate surface area is 174 Å². The Bertz CT molecular complexity index is 964. The number of benzene rings is 2. The van der Waals surface area contributed by atoms with Crippen LogP contribution in [-0.4, -0.2) is 44.5 Å². The fraction of sp³-hybridized carbons (Fsp3) is 0.273. The molecule has 0 spiro atoms. The molecule has 2 fully saturated rings. The van der Waals surface area contributed by atoms with Gasteiger partial charge in [-0.3, -0.25) is 4.79 Å². The Hall–Kier alpha value is -2.77. The van der Waals surface area contributed by atoms with Crippen LogP contribution in [0.1, 0.15) is 11.1 Å². The van der Waals surface area contributed by atoms with Crippen LogP contribution < -0.4 is 15.0 Å². The Morgan fingerprint density at radius 1 is 1.17 bits per heavy atom. The van der Waals surface area contributed by atoms with E-state index in [1.807, 2.05) is 30.3 Å². The topological polar surface area (TPSA) is 63.2 Å². The quantitative estimate of drug-likeness (QED) is 0.780. The minimum Gasteiger partial charge on any atom is -0.497 e. The van der Waals surface area contributed by atoms with Gasteiger partial charge in [-0.25, -0.2) is 4.99 Å². The maximum atomic E-state index is 12.4. The molecular formula is C22H23N3O3S. The molecule has 0 aromatic heterocycles. The zero-order valence-corrected chi connectivity index (χ0v) is 17.3. The lowest BCUT2D eigenvalue weighted by Gasteiger charge is -2.29. The van der Waals surface area contributed by atoms with Gasteiger partial charge < -0.3 is 19.7 Å². The summed E-state index contributed by atoms with van der Waals surface area (Å²) >= 11 is 1.35. The minimum atomic E-state index is -0.126. The molecule has 29 heavy (non-hydrogen) atoms. The minimum absolute atomic E-state index is 0.126. The number of hydrogen-bond donors (Lipinski definition) is 1. The second kappa shape index (κ2) is 8.71. The molecule has 0 radical (unpaired) electrons. The number of ether oxygens (including phenoxy) is 2. The number of rotatable bonds is 4. The van der Waals surface area contributed by atoms with E-state index < -0.39 is 0 Å². The Balaban J connectivity index is 1.50. The van der Waals surface area contributed by atoms with Crippen molar-refractivity contribution in [2.45, 2.75) is 6.92 Å². The van der Waals surface area contributed by atoms with Gasteiger partial charge in [-0.15, -0.1) is 0 Å². The third-order valence-electron chi connectivity index (χ3n) is 4.87. The van der Waals surface area contributed by atoms with Crippen molar-refractivity contribution in [3.05, 3.63) is 58.5 Å². The molecule has 0 aliphatic carbocycles. The van der Waals surface area contributed by atoms with Crippen molar-refractivity contribution in [1.29, 1.82) is 0 Å². The molecule has 2 heterocycles. The first-order valence-corrected chi connectivity index (χ1v) is 10.3. The molecule has 0 bridgehead atoms. The Morgan fingerprint density at radius 2 is 1.93 bits per heavy atom. The highest BCUT2D eigenvalue weighted by Crippen LogP contribution is 2.30. The van der Waals surface area contributed by atoms with Crippen LogP contribution in [-0.2, 0) is 9.53 Å². The summed E-state index contributed by atoms with van der Waals surface area (Å²) in [7, 11) is 1.63. The normalized spacial score (nSPS) is 19.7. The summed E-state index contributed by atoms with van der Waals surface area (Å²) < 4.78 is 10.6. The number of aryl methyl sites for hydroxylation is 1. The average molecular weight is 410 g/mol. The highest BCUT2D eigenvalue weighted by molar-refractivity contribution is 8.18. The number of amides is 1. The van der Waals surface area contributed by atoms with Crippen LogP contribution in [0, 0.1) is 6.92 Å². The SMILES string of the molecule is COc1ccc(N=C2NC(=O)C(=Cc3ccc(N4CCOCC4)cc3C)S2)cc1. The molecule has 2 aromatic carbocycles. The summed E-state index contributed by atoms with van der Waals surface area (Å²) in [5.41, 5.74) is 4.12. The van der Waals surface area contributed by atoms with Gasteiger partial charge in [0, 0.05) is 18.8 Å². The monoisotopic (exact) mass is 409 g/mol. The van der Waals surface area contributed by atoms with E-state index in [9.17, 15) is 4.79 Å². The van der Waals surface area contributed by atoms with Crippen molar-refractivity contribution in [3.63, 3.8) is 0 Å². The molecular weight excluding hydrogens is 386 g/mol. The van der Waals surface area contributed by atoms with Crippen molar-refractivity contribution in [1.82, 2.24) is 5.32 Å². The van der Waals surface area contributed by atoms with Crippen molar-refractivity contribution in [3.8, 4) is 5.75 Å². The van der Waals surface area contributed by atoms with Gasteiger partial charge in [0.05, 0.1) is 30.9 Å². The second-order valence-corrected chi connectivity index (χ2v) is 7.85. The van der Waals surface area contributed by atoms with E-state index in [2.05, 4.69) is 40.3 Å². The lowest BCUT2D eigenvalue weighted by atomic mass is 10.1. The molecule has 2 aliphatic rings. The first-order valence-electron chi connectivity index (χ1n) is 9.49. The van der Waals surface area contributed by atoms with Crippen LogP contribution in [0.2, 0.25) is 0 Å². The van der Waals surface area contributed by atoms with Gasteiger partial charge in [-0.05, 0) is 72.3 Å². The number of anilines is 1. The third-order valence-corrected chi connectivity index (χ3v) is 5.78. The Morgan fingerprint density at radius 3 is 2.62 bits per heavy atom. The van der Waals surface area contributed by atoms with E-state index in [0.29, 0.717) is 10.1 Å². The van der Waals surface area contributed by atoms with E-state index >= 15 is 0 Å². The smallest absolute Gasteiger partial charge is 0.264 e. The second-order valence-electron chi connectivity index (χ2n) is 6.82. The van der Waals surface area contributed by atoms with E-state index in [1.165, 1.54) is 17.4 Å². The van der Waals surface area contributed by atoms with Crippen molar-refractivity contribution in [2.24, 2.45) is 4.99 Å². The summed E-state index contributed by atoms with van der Waals surface area (Å²) in [5, 5.41) is 3.41. The number of methoxy groups -OCH3 is 1. The summed E-state index contributed by atoms with van der Waals surface area (Å²) in [5.74, 6) is 0.646. The van der Waals surface area contributed by atoms with Gasteiger partial charge in [0.15, 0.2) is 5.17 Å². The summed E-state index contributed by atoms with van der Waals surface area (Å²) in [6, 6.07) is 13.7. The molecule has 1 N–H and O–H groups in total. The van der Waals surface area contributed by atoms with Gasteiger partial charge in [-0.1, -0.05) is 6.07 Å². The predicted molar refractivity (Wildman–Crippen MR) is 118 cm³/mol. The molecule has 150 valence electrons. The van der Waals surface area contributed by atoms with Gasteiger partial charge >= 0.3 is 0 Å². The van der Waals surface area contributed by atoms with Crippen molar-refractivity contribution < 1.29 is 14.3 Å². The number of aliphatic imine (C=N–C) groups is 1. The molecule has 2 aromatic rings. The van der Waals surface area contributed by atoms with E-state index in [-0.39, 0.29) is 5.91 Å². The first-order chi connectivity index (χ1) is 14.1. The van der Waals surface area contributed by atoms with E-state index in [0.717, 1.165) is 48.9 Å². The zero-order valence-electron chi connectivity index (χ0n) is 16.5. The lowest BCUT2D eigenvalue weighted by Crippen LogP contribution is -2.36.